The number of esters is 1. The highest BCUT2D eigenvalue weighted by Gasteiger charge is 2.16. The van der Waals surface area contributed by atoms with Crippen LogP contribution in [0.4, 0.5) is 10.1 Å². The number of anilines is 1. The lowest BCUT2D eigenvalue weighted by molar-refractivity contribution is -0.124. The van der Waals surface area contributed by atoms with E-state index < -0.39 is 18.5 Å². The average Bonchev–Trinajstić information content (AvgIpc) is 3.22. The highest BCUT2D eigenvalue weighted by molar-refractivity contribution is 7.99. The smallest absolute Gasteiger partial charge is 0.340 e. The second kappa shape index (κ2) is 11.8. The number of ether oxygens (including phenoxy) is 1. The Morgan fingerprint density at radius 1 is 1.09 bits per heavy atom. The van der Waals surface area contributed by atoms with Gasteiger partial charge in [-0.15, -0.1) is 0 Å². The lowest BCUT2D eigenvalue weighted by Gasteiger charge is -2.11. The van der Waals surface area contributed by atoms with Gasteiger partial charge in [-0.2, -0.15) is 0 Å². The number of aryl methyl sites for hydroxylation is 1. The number of halogens is 1. The number of nitrogens with zero attached hydrogens (tertiary/aromatic N) is 2. The first-order chi connectivity index (χ1) is 15.9. The van der Waals surface area contributed by atoms with Gasteiger partial charge in [-0.25, -0.2) is 14.2 Å². The Balaban J connectivity index is 1.45. The summed E-state index contributed by atoms with van der Waals surface area (Å²) in [6.07, 6.45) is 3.94. The van der Waals surface area contributed by atoms with Crippen LogP contribution in [0.25, 0.3) is 0 Å². The van der Waals surface area contributed by atoms with Crippen molar-refractivity contribution in [2.75, 3.05) is 24.2 Å². The Labute approximate surface area is 194 Å². The van der Waals surface area contributed by atoms with E-state index in [4.69, 9.17) is 4.74 Å². The molecule has 8 nitrogen and oxygen atoms in total. The first-order valence-electron chi connectivity index (χ1n) is 10.1. The molecule has 0 fully saturated rings. The molecular formula is C23H23FN4O4S. The monoisotopic (exact) mass is 470 g/mol. The van der Waals surface area contributed by atoms with E-state index in [1.165, 1.54) is 30.0 Å². The zero-order chi connectivity index (χ0) is 23.6. The summed E-state index contributed by atoms with van der Waals surface area (Å²) in [5.41, 5.74) is 1.32. The molecule has 172 valence electrons. The summed E-state index contributed by atoms with van der Waals surface area (Å²) in [6, 6.07) is 12.4. The molecule has 0 spiro atoms. The quantitative estimate of drug-likeness (QED) is 0.349. The van der Waals surface area contributed by atoms with E-state index in [0.717, 1.165) is 5.56 Å². The van der Waals surface area contributed by atoms with Crippen LogP contribution in [0.2, 0.25) is 0 Å². The SMILES string of the molecule is Cn1ccnc1SCC(=O)Nc1ccccc1C(=O)OCC(=O)NCCc1ccc(F)cc1. The second-order valence-electron chi connectivity index (χ2n) is 7.01. The van der Waals surface area contributed by atoms with Gasteiger partial charge in [0, 0.05) is 26.0 Å². The van der Waals surface area contributed by atoms with Gasteiger partial charge in [-0.3, -0.25) is 9.59 Å². The minimum Gasteiger partial charge on any atom is -0.452 e. The Bertz CT molecular complexity index is 1120. The Hall–Kier alpha value is -3.66. The molecule has 10 heteroatoms. The molecular weight excluding hydrogens is 447 g/mol. The summed E-state index contributed by atoms with van der Waals surface area (Å²) in [5.74, 6) is -1.69. The van der Waals surface area contributed by atoms with E-state index in [1.807, 2.05) is 7.05 Å². The van der Waals surface area contributed by atoms with Crippen molar-refractivity contribution in [1.29, 1.82) is 0 Å². The van der Waals surface area contributed by atoms with Crippen molar-refractivity contribution >= 4 is 35.2 Å². The standard InChI is InChI=1S/C23H23FN4O4S/c1-28-13-12-26-23(28)33-15-21(30)27-19-5-3-2-4-18(19)22(31)32-14-20(29)25-11-10-16-6-8-17(24)9-7-16/h2-9,12-13H,10-11,14-15H2,1H3,(H,25,29)(H,27,30). The summed E-state index contributed by atoms with van der Waals surface area (Å²) < 4.78 is 19.8. The number of hydrogen-bond donors (Lipinski definition) is 2. The summed E-state index contributed by atoms with van der Waals surface area (Å²) in [4.78, 5) is 40.9. The number of amides is 2. The van der Waals surface area contributed by atoms with Crippen molar-refractivity contribution in [2.45, 2.75) is 11.6 Å². The Morgan fingerprint density at radius 2 is 1.85 bits per heavy atom. The van der Waals surface area contributed by atoms with Crippen LogP contribution in [0.1, 0.15) is 15.9 Å². The van der Waals surface area contributed by atoms with E-state index in [1.54, 1.807) is 47.3 Å². The molecule has 0 unspecified atom stereocenters. The molecule has 0 atom stereocenters. The number of thioether (sulfide) groups is 1. The molecule has 0 radical (unpaired) electrons. The first kappa shape index (κ1) is 24.0. The fraction of sp³-hybridized carbons (Fsp3) is 0.217. The van der Waals surface area contributed by atoms with Crippen LogP contribution in [-0.4, -0.2) is 46.2 Å². The van der Waals surface area contributed by atoms with Crippen LogP contribution < -0.4 is 10.6 Å². The highest BCUT2D eigenvalue weighted by atomic mass is 32.2. The van der Waals surface area contributed by atoms with Crippen molar-refractivity contribution in [1.82, 2.24) is 14.9 Å². The van der Waals surface area contributed by atoms with Gasteiger partial charge in [-0.1, -0.05) is 36.0 Å². The Kier molecular flexibility index (Phi) is 8.59. The van der Waals surface area contributed by atoms with Crippen LogP contribution in [0.15, 0.2) is 66.1 Å². The molecule has 33 heavy (non-hydrogen) atoms. The second-order valence-corrected chi connectivity index (χ2v) is 7.95. The lowest BCUT2D eigenvalue weighted by Crippen LogP contribution is -2.30. The van der Waals surface area contributed by atoms with Crippen molar-refractivity contribution in [2.24, 2.45) is 7.05 Å². The third-order valence-corrected chi connectivity index (χ3v) is 5.57. The number of hydrogen-bond acceptors (Lipinski definition) is 6. The zero-order valence-corrected chi connectivity index (χ0v) is 18.7. The maximum atomic E-state index is 12.9. The number of rotatable bonds is 10. The topological polar surface area (TPSA) is 102 Å². The van der Waals surface area contributed by atoms with Gasteiger partial charge >= 0.3 is 5.97 Å². The molecule has 0 bridgehead atoms. The van der Waals surface area contributed by atoms with Crippen molar-refractivity contribution in [3.8, 4) is 0 Å². The maximum absolute atomic E-state index is 12.9. The summed E-state index contributed by atoms with van der Waals surface area (Å²) in [6.45, 7) is -0.137. The first-order valence-corrected chi connectivity index (χ1v) is 11.1. The molecule has 0 aliphatic rings. The summed E-state index contributed by atoms with van der Waals surface area (Å²) >= 11 is 1.27. The van der Waals surface area contributed by atoms with Crippen molar-refractivity contribution < 1.29 is 23.5 Å². The van der Waals surface area contributed by atoms with E-state index in [0.29, 0.717) is 23.8 Å². The molecule has 0 saturated heterocycles. The summed E-state index contributed by atoms with van der Waals surface area (Å²) in [5, 5.41) is 6.03. The molecule has 2 amide bonds. The van der Waals surface area contributed by atoms with Crippen LogP contribution in [0, 0.1) is 5.82 Å². The minimum absolute atomic E-state index is 0.116. The number of carbonyl (C=O) groups is 3. The molecule has 1 heterocycles. The molecule has 2 aromatic carbocycles. The molecule has 3 rings (SSSR count). The van der Waals surface area contributed by atoms with Crippen LogP contribution >= 0.6 is 11.8 Å². The molecule has 0 aliphatic carbocycles. The lowest BCUT2D eigenvalue weighted by atomic mass is 10.1. The van der Waals surface area contributed by atoms with E-state index in [-0.39, 0.29) is 23.0 Å². The van der Waals surface area contributed by atoms with E-state index in [9.17, 15) is 18.8 Å². The highest BCUT2D eigenvalue weighted by Crippen LogP contribution is 2.18. The molecule has 0 aliphatic heterocycles. The number of nitrogens with one attached hydrogen (secondary N) is 2. The third kappa shape index (κ3) is 7.46. The van der Waals surface area contributed by atoms with Crippen LogP contribution in [0.5, 0.6) is 0 Å². The minimum atomic E-state index is -0.726. The van der Waals surface area contributed by atoms with Gasteiger partial charge in [0.05, 0.1) is 17.0 Å². The number of para-hydroxylation sites is 1. The van der Waals surface area contributed by atoms with E-state index in [2.05, 4.69) is 15.6 Å². The number of carbonyl (C=O) groups excluding carboxylic acids is 3. The van der Waals surface area contributed by atoms with Crippen LogP contribution in [-0.2, 0) is 27.8 Å². The van der Waals surface area contributed by atoms with Gasteiger partial charge in [0.1, 0.15) is 5.82 Å². The van der Waals surface area contributed by atoms with Gasteiger partial charge in [0.15, 0.2) is 11.8 Å². The average molecular weight is 471 g/mol. The third-order valence-electron chi connectivity index (χ3n) is 4.51. The van der Waals surface area contributed by atoms with Gasteiger partial charge in [0.2, 0.25) is 5.91 Å². The molecule has 3 aromatic rings. The molecule has 0 saturated carbocycles. The summed E-state index contributed by atoms with van der Waals surface area (Å²) in [7, 11) is 1.83. The predicted molar refractivity (Wildman–Crippen MR) is 122 cm³/mol. The van der Waals surface area contributed by atoms with Crippen molar-refractivity contribution in [3.05, 3.63) is 77.9 Å². The fourth-order valence-electron chi connectivity index (χ4n) is 2.83. The number of imidazole rings is 1. The Morgan fingerprint density at radius 3 is 2.58 bits per heavy atom. The van der Waals surface area contributed by atoms with Gasteiger partial charge < -0.3 is 19.9 Å². The van der Waals surface area contributed by atoms with Crippen LogP contribution in [0.3, 0.4) is 0 Å². The van der Waals surface area contributed by atoms with E-state index >= 15 is 0 Å². The molecule has 1 aromatic heterocycles. The number of aromatic nitrogens is 2. The molecule has 2 N–H and O–H groups in total. The largest absolute Gasteiger partial charge is 0.452 e. The zero-order valence-electron chi connectivity index (χ0n) is 17.9. The number of benzene rings is 2. The van der Waals surface area contributed by atoms with Crippen molar-refractivity contribution in [3.63, 3.8) is 0 Å². The van der Waals surface area contributed by atoms with Gasteiger partial charge in [-0.05, 0) is 36.2 Å². The predicted octanol–water partition coefficient (Wildman–Crippen LogP) is 2.81. The maximum Gasteiger partial charge on any atom is 0.340 e. The van der Waals surface area contributed by atoms with Gasteiger partial charge in [0.25, 0.3) is 5.91 Å². The fourth-order valence-corrected chi connectivity index (χ4v) is 3.57. The normalized spacial score (nSPS) is 10.5.